The molecule has 0 fully saturated rings. The van der Waals surface area contributed by atoms with Gasteiger partial charge in [-0.2, -0.15) is 0 Å². The molecular weight excluding hydrogens is 372 g/mol. The van der Waals surface area contributed by atoms with E-state index in [2.05, 4.69) is 36.9 Å². The summed E-state index contributed by atoms with van der Waals surface area (Å²) >= 11 is 3.36. The van der Waals surface area contributed by atoms with Crippen molar-refractivity contribution in [3.05, 3.63) is 34.3 Å². The smallest absolute Gasteiger partial charge is 0.251 e. The Hall–Kier alpha value is -1.60. The molecule has 24 heavy (non-hydrogen) atoms. The van der Waals surface area contributed by atoms with Crippen molar-refractivity contribution in [1.82, 2.24) is 16.0 Å². The van der Waals surface area contributed by atoms with E-state index in [0.717, 1.165) is 11.0 Å². The van der Waals surface area contributed by atoms with Crippen molar-refractivity contribution < 1.29 is 9.53 Å². The molecule has 0 saturated heterocycles. The van der Waals surface area contributed by atoms with Crippen LogP contribution in [0.3, 0.4) is 0 Å². The number of ether oxygens (including phenoxy) is 1. The summed E-state index contributed by atoms with van der Waals surface area (Å²) in [5, 5.41) is 9.24. The third-order valence-electron chi connectivity index (χ3n) is 3.30. The number of hydrogen-bond donors (Lipinski definition) is 3. The molecule has 0 aliphatic rings. The van der Waals surface area contributed by atoms with Gasteiger partial charge >= 0.3 is 0 Å². The zero-order valence-electron chi connectivity index (χ0n) is 14.8. The van der Waals surface area contributed by atoms with Crippen LogP contribution >= 0.6 is 15.9 Å². The maximum Gasteiger partial charge on any atom is 0.251 e. The lowest BCUT2D eigenvalue weighted by Crippen LogP contribution is -2.42. The van der Waals surface area contributed by atoms with Crippen LogP contribution in [0.2, 0.25) is 0 Å². The third kappa shape index (κ3) is 7.79. The number of hydrogen-bond acceptors (Lipinski definition) is 3. The molecule has 1 rings (SSSR count). The second kappa shape index (κ2) is 10.3. The van der Waals surface area contributed by atoms with Crippen molar-refractivity contribution in [2.45, 2.75) is 26.4 Å². The second-order valence-electron chi connectivity index (χ2n) is 5.85. The molecule has 0 aliphatic carbocycles. The molecule has 3 N–H and O–H groups in total. The van der Waals surface area contributed by atoms with Crippen LogP contribution in [0, 0.1) is 0 Å². The molecule has 1 aromatic carbocycles. The van der Waals surface area contributed by atoms with Gasteiger partial charge in [0.2, 0.25) is 0 Å². The number of nitrogens with zero attached hydrogens (tertiary/aromatic N) is 1. The van der Waals surface area contributed by atoms with Crippen LogP contribution in [0.15, 0.2) is 33.7 Å². The number of methoxy groups -OCH3 is 1. The quantitative estimate of drug-likeness (QED) is 0.356. The molecule has 0 unspecified atom stereocenters. The van der Waals surface area contributed by atoms with Crippen LogP contribution < -0.4 is 16.0 Å². The van der Waals surface area contributed by atoms with E-state index in [9.17, 15) is 4.79 Å². The summed E-state index contributed by atoms with van der Waals surface area (Å²) in [7, 11) is 1.67. The van der Waals surface area contributed by atoms with Gasteiger partial charge < -0.3 is 20.7 Å². The number of rotatable bonds is 8. The Morgan fingerprint density at radius 3 is 2.58 bits per heavy atom. The number of amides is 1. The van der Waals surface area contributed by atoms with Crippen molar-refractivity contribution >= 4 is 27.8 Å². The molecule has 0 saturated carbocycles. The number of aliphatic imine (C=N–C) groups is 1. The molecule has 1 aromatic rings. The first-order chi connectivity index (χ1) is 11.4. The summed E-state index contributed by atoms with van der Waals surface area (Å²) in [5.41, 5.74) is 0.323. The van der Waals surface area contributed by atoms with Gasteiger partial charge in [-0.1, -0.05) is 22.0 Å². The van der Waals surface area contributed by atoms with Gasteiger partial charge in [-0.3, -0.25) is 9.79 Å². The predicted molar refractivity (Wildman–Crippen MR) is 102 cm³/mol. The van der Waals surface area contributed by atoms with Gasteiger partial charge in [-0.25, -0.2) is 0 Å². The summed E-state index contributed by atoms with van der Waals surface area (Å²) in [4.78, 5) is 16.5. The lowest BCUT2D eigenvalue weighted by Gasteiger charge is -2.21. The molecule has 6 nitrogen and oxygen atoms in total. The normalized spacial score (nSPS) is 12.0. The molecule has 1 amide bonds. The minimum absolute atomic E-state index is 0.0967. The van der Waals surface area contributed by atoms with Gasteiger partial charge in [0, 0.05) is 36.8 Å². The van der Waals surface area contributed by atoms with Crippen LogP contribution in [0.1, 0.15) is 31.1 Å². The Labute approximate surface area is 152 Å². The number of guanidine groups is 1. The van der Waals surface area contributed by atoms with Crippen molar-refractivity contribution in [3.8, 4) is 0 Å². The SMILES string of the molecule is CCNC(=NCC(C)(C)OC)NCCNC(=O)c1cccc(Br)c1. The van der Waals surface area contributed by atoms with Gasteiger partial charge in [-0.15, -0.1) is 0 Å². The Kier molecular flexibility index (Phi) is 8.78. The first kappa shape index (κ1) is 20.4. The highest BCUT2D eigenvalue weighted by Gasteiger charge is 2.15. The Bertz CT molecular complexity index is 561. The Morgan fingerprint density at radius 2 is 1.96 bits per heavy atom. The maximum absolute atomic E-state index is 12.0. The van der Waals surface area contributed by atoms with Crippen LogP contribution in [0.25, 0.3) is 0 Å². The van der Waals surface area contributed by atoms with Crippen LogP contribution in [-0.2, 0) is 4.74 Å². The largest absolute Gasteiger partial charge is 0.377 e. The van der Waals surface area contributed by atoms with E-state index >= 15 is 0 Å². The molecule has 0 radical (unpaired) electrons. The summed E-state index contributed by atoms with van der Waals surface area (Å²) < 4.78 is 6.24. The van der Waals surface area contributed by atoms with E-state index in [0.29, 0.717) is 31.2 Å². The lowest BCUT2D eigenvalue weighted by molar-refractivity contribution is 0.0310. The molecule has 0 spiro atoms. The fourth-order valence-electron chi connectivity index (χ4n) is 1.76. The first-order valence-corrected chi connectivity index (χ1v) is 8.78. The molecule has 0 atom stereocenters. The molecule has 134 valence electrons. The number of carbonyl (C=O) groups excluding carboxylic acids is 1. The molecule has 0 heterocycles. The zero-order chi connectivity index (χ0) is 18.0. The molecule has 0 aromatic heterocycles. The molecule has 7 heteroatoms. The number of benzene rings is 1. The van der Waals surface area contributed by atoms with E-state index in [1.54, 1.807) is 19.2 Å². The highest BCUT2D eigenvalue weighted by molar-refractivity contribution is 9.10. The van der Waals surface area contributed by atoms with Crippen molar-refractivity contribution in [3.63, 3.8) is 0 Å². The minimum atomic E-state index is -0.308. The standard InChI is InChI=1S/C17H27BrN4O2/c1-5-19-16(22-12-17(2,3)24-4)21-10-9-20-15(23)13-7-6-8-14(18)11-13/h6-8,11H,5,9-10,12H2,1-4H3,(H,20,23)(H2,19,21,22). The third-order valence-corrected chi connectivity index (χ3v) is 3.80. The summed E-state index contributed by atoms with van der Waals surface area (Å²) in [6.07, 6.45) is 0. The maximum atomic E-state index is 12.0. The second-order valence-corrected chi connectivity index (χ2v) is 6.77. The average Bonchev–Trinajstić information content (AvgIpc) is 2.56. The average molecular weight is 399 g/mol. The number of carbonyl (C=O) groups is 1. The van der Waals surface area contributed by atoms with E-state index in [1.807, 2.05) is 32.9 Å². The molecular formula is C17H27BrN4O2. The van der Waals surface area contributed by atoms with Gasteiger partial charge in [0.25, 0.3) is 5.91 Å². The topological polar surface area (TPSA) is 74.8 Å². The van der Waals surface area contributed by atoms with Crippen LogP contribution in [0.5, 0.6) is 0 Å². The Balaban J connectivity index is 2.42. The number of nitrogens with one attached hydrogen (secondary N) is 3. The fraction of sp³-hybridized carbons (Fsp3) is 0.529. The van der Waals surface area contributed by atoms with E-state index in [4.69, 9.17) is 4.74 Å². The van der Waals surface area contributed by atoms with E-state index in [1.165, 1.54) is 0 Å². The summed E-state index contributed by atoms with van der Waals surface area (Å²) in [6.45, 7) is 8.37. The summed E-state index contributed by atoms with van der Waals surface area (Å²) in [5.74, 6) is 0.611. The fourth-order valence-corrected chi connectivity index (χ4v) is 2.16. The first-order valence-electron chi connectivity index (χ1n) is 7.99. The Morgan fingerprint density at radius 1 is 1.25 bits per heavy atom. The number of halogens is 1. The van der Waals surface area contributed by atoms with Crippen molar-refractivity contribution in [1.29, 1.82) is 0 Å². The highest BCUT2D eigenvalue weighted by Crippen LogP contribution is 2.11. The molecule has 0 bridgehead atoms. The van der Waals surface area contributed by atoms with Gasteiger partial charge in [-0.05, 0) is 39.0 Å². The highest BCUT2D eigenvalue weighted by atomic mass is 79.9. The van der Waals surface area contributed by atoms with E-state index in [-0.39, 0.29) is 11.5 Å². The van der Waals surface area contributed by atoms with Crippen molar-refractivity contribution in [2.24, 2.45) is 4.99 Å². The van der Waals surface area contributed by atoms with E-state index < -0.39 is 0 Å². The predicted octanol–water partition coefficient (Wildman–Crippen LogP) is 2.16. The zero-order valence-corrected chi connectivity index (χ0v) is 16.4. The minimum Gasteiger partial charge on any atom is -0.377 e. The van der Waals surface area contributed by atoms with Crippen LogP contribution in [-0.4, -0.2) is 50.8 Å². The van der Waals surface area contributed by atoms with Gasteiger partial charge in [0.1, 0.15) is 0 Å². The lowest BCUT2D eigenvalue weighted by atomic mass is 10.1. The van der Waals surface area contributed by atoms with Crippen molar-refractivity contribution in [2.75, 3.05) is 33.3 Å². The summed E-state index contributed by atoms with van der Waals surface area (Å²) in [6, 6.07) is 7.30. The van der Waals surface area contributed by atoms with Crippen LogP contribution in [0.4, 0.5) is 0 Å². The van der Waals surface area contributed by atoms with Gasteiger partial charge in [0.05, 0.1) is 12.1 Å². The molecule has 0 aliphatic heterocycles. The monoisotopic (exact) mass is 398 g/mol. The van der Waals surface area contributed by atoms with Gasteiger partial charge in [0.15, 0.2) is 5.96 Å².